The van der Waals surface area contributed by atoms with E-state index >= 15 is 4.39 Å². The molecule has 0 unspecified atom stereocenters. The highest BCUT2D eigenvalue weighted by molar-refractivity contribution is 5.90. The van der Waals surface area contributed by atoms with E-state index in [0.29, 0.717) is 50.4 Å². The summed E-state index contributed by atoms with van der Waals surface area (Å²) < 4.78 is 20.4. The Bertz CT molecular complexity index is 1050. The van der Waals surface area contributed by atoms with Crippen molar-refractivity contribution in [1.29, 1.82) is 0 Å². The van der Waals surface area contributed by atoms with Crippen molar-refractivity contribution in [1.82, 2.24) is 15.4 Å². The number of halogens is 1. The number of carbonyl (C=O) groups excluding carboxylic acids is 3. The Morgan fingerprint density at radius 2 is 2.09 bits per heavy atom. The molecule has 2 fully saturated rings. The molecule has 2 amide bonds. The Hall–Kier alpha value is -3.53. The zero-order chi connectivity index (χ0) is 24.1. The largest absolute Gasteiger partial charge is 0.444 e. The first-order valence-corrected chi connectivity index (χ1v) is 11.4. The normalized spacial score (nSPS) is 18.6. The fourth-order valence-corrected chi connectivity index (χ4v) is 4.13. The van der Waals surface area contributed by atoms with Crippen molar-refractivity contribution in [2.24, 2.45) is 0 Å². The lowest BCUT2D eigenvalue weighted by atomic mass is 10.1. The van der Waals surface area contributed by atoms with Crippen LogP contribution in [-0.2, 0) is 20.7 Å². The number of carbonyl (C=O) groups is 3. The van der Waals surface area contributed by atoms with Crippen LogP contribution in [0, 0.1) is 5.82 Å². The molecule has 4 rings (SSSR count). The zero-order valence-corrected chi connectivity index (χ0v) is 19.1. The number of nitrogens with zero attached hydrogens (tertiary/aromatic N) is 4. The van der Waals surface area contributed by atoms with Crippen molar-refractivity contribution >= 4 is 29.2 Å². The molecule has 2 aliphatic rings. The maximum absolute atomic E-state index is 15.1. The van der Waals surface area contributed by atoms with E-state index in [1.54, 1.807) is 35.6 Å². The van der Waals surface area contributed by atoms with Gasteiger partial charge in [0.15, 0.2) is 0 Å². The topological polar surface area (TPSA) is 95.1 Å². The number of Topliss-reactive ketones (excluding diaryl/α,β-unsaturated/α-hetero) is 1. The summed E-state index contributed by atoms with van der Waals surface area (Å²) in [6.45, 7) is 3.64. The Labute approximate surface area is 197 Å². The highest BCUT2D eigenvalue weighted by Gasteiger charge is 2.33. The van der Waals surface area contributed by atoms with Gasteiger partial charge in [0, 0.05) is 38.4 Å². The third kappa shape index (κ3) is 5.69. The van der Waals surface area contributed by atoms with Crippen molar-refractivity contribution in [3.63, 3.8) is 0 Å². The van der Waals surface area contributed by atoms with Gasteiger partial charge in [0.05, 0.1) is 30.9 Å². The van der Waals surface area contributed by atoms with Crippen LogP contribution in [0.3, 0.4) is 0 Å². The SMILES string of the molecule is CC(=O)CC[C@H]1CN(c2ccc(N3CCNN(C(=O)Cc4cccnc4)CC3)c(F)c2)C(=O)O1. The van der Waals surface area contributed by atoms with E-state index in [1.807, 2.05) is 11.0 Å². The van der Waals surface area contributed by atoms with E-state index in [1.165, 1.54) is 17.9 Å². The lowest BCUT2D eigenvalue weighted by Crippen LogP contribution is -2.44. The summed E-state index contributed by atoms with van der Waals surface area (Å²) in [5, 5.41) is 1.57. The van der Waals surface area contributed by atoms with E-state index < -0.39 is 11.9 Å². The van der Waals surface area contributed by atoms with Crippen LogP contribution in [0.4, 0.5) is 20.6 Å². The van der Waals surface area contributed by atoms with Crippen LogP contribution in [0.5, 0.6) is 0 Å². The fraction of sp³-hybridized carbons (Fsp3) is 0.417. The van der Waals surface area contributed by atoms with E-state index in [-0.39, 0.29) is 30.8 Å². The van der Waals surface area contributed by atoms with Gasteiger partial charge in [-0.25, -0.2) is 14.6 Å². The number of anilines is 2. The molecule has 2 aromatic rings. The highest BCUT2D eigenvalue weighted by atomic mass is 19.1. The molecule has 9 nitrogen and oxygen atoms in total. The van der Waals surface area contributed by atoms with Gasteiger partial charge in [-0.1, -0.05) is 6.07 Å². The summed E-state index contributed by atoms with van der Waals surface area (Å²) in [5.41, 5.74) is 4.77. The lowest BCUT2D eigenvalue weighted by molar-refractivity contribution is -0.133. The second-order valence-electron chi connectivity index (χ2n) is 8.47. The molecule has 2 aliphatic heterocycles. The smallest absolute Gasteiger partial charge is 0.414 e. The number of pyridine rings is 1. The maximum atomic E-state index is 15.1. The number of hydrogen-bond acceptors (Lipinski definition) is 7. The minimum atomic E-state index is -0.539. The number of benzene rings is 1. The molecule has 34 heavy (non-hydrogen) atoms. The van der Waals surface area contributed by atoms with E-state index in [0.717, 1.165) is 5.56 Å². The highest BCUT2D eigenvalue weighted by Crippen LogP contribution is 2.29. The summed E-state index contributed by atoms with van der Waals surface area (Å²) in [5.74, 6) is -0.487. The lowest BCUT2D eigenvalue weighted by Gasteiger charge is -2.24. The van der Waals surface area contributed by atoms with Crippen LogP contribution >= 0.6 is 0 Å². The zero-order valence-electron chi connectivity index (χ0n) is 19.1. The summed E-state index contributed by atoms with van der Waals surface area (Å²) in [6.07, 6.45) is 3.44. The van der Waals surface area contributed by atoms with E-state index in [9.17, 15) is 14.4 Å². The molecule has 0 spiro atoms. The Morgan fingerprint density at radius 1 is 1.24 bits per heavy atom. The van der Waals surface area contributed by atoms with Crippen molar-refractivity contribution in [2.75, 3.05) is 42.5 Å². The van der Waals surface area contributed by atoms with Crippen molar-refractivity contribution in [2.45, 2.75) is 32.3 Å². The van der Waals surface area contributed by atoms with Crippen LogP contribution < -0.4 is 15.2 Å². The fourth-order valence-electron chi connectivity index (χ4n) is 4.13. The summed E-state index contributed by atoms with van der Waals surface area (Å²) in [6, 6.07) is 8.31. The van der Waals surface area contributed by atoms with Gasteiger partial charge in [0.25, 0.3) is 0 Å². The first-order chi connectivity index (χ1) is 16.4. The second-order valence-corrected chi connectivity index (χ2v) is 8.47. The van der Waals surface area contributed by atoms with Gasteiger partial charge in [-0.3, -0.25) is 19.7 Å². The maximum Gasteiger partial charge on any atom is 0.414 e. The molecule has 1 aromatic heterocycles. The van der Waals surface area contributed by atoms with Crippen LogP contribution in [0.1, 0.15) is 25.3 Å². The average Bonchev–Trinajstić information content (AvgIpc) is 3.02. The van der Waals surface area contributed by atoms with Gasteiger partial charge in [-0.15, -0.1) is 0 Å². The van der Waals surface area contributed by atoms with Crippen LogP contribution in [-0.4, -0.2) is 66.6 Å². The molecule has 0 bridgehead atoms. The first-order valence-electron chi connectivity index (χ1n) is 11.4. The number of hydrazine groups is 1. The number of rotatable bonds is 7. The number of ketones is 1. The molecule has 2 saturated heterocycles. The number of nitrogens with one attached hydrogen (secondary N) is 1. The minimum absolute atomic E-state index is 0.0363. The Morgan fingerprint density at radius 3 is 2.82 bits per heavy atom. The number of amides is 2. The Kier molecular flexibility index (Phi) is 7.36. The predicted octanol–water partition coefficient (Wildman–Crippen LogP) is 2.31. The molecule has 0 aliphatic carbocycles. The number of cyclic esters (lactones) is 1. The Balaban J connectivity index is 1.37. The molecule has 10 heteroatoms. The summed E-state index contributed by atoms with van der Waals surface area (Å²) in [4.78, 5) is 43.4. The third-order valence-electron chi connectivity index (χ3n) is 5.93. The van der Waals surface area contributed by atoms with Gasteiger partial charge in [-0.2, -0.15) is 0 Å². The van der Waals surface area contributed by atoms with Gasteiger partial charge in [-0.05, 0) is 43.2 Å². The quantitative estimate of drug-likeness (QED) is 0.665. The monoisotopic (exact) mass is 469 g/mol. The van der Waals surface area contributed by atoms with Crippen molar-refractivity contribution < 1.29 is 23.5 Å². The van der Waals surface area contributed by atoms with Gasteiger partial charge < -0.3 is 14.4 Å². The molecule has 3 heterocycles. The average molecular weight is 470 g/mol. The van der Waals surface area contributed by atoms with Gasteiger partial charge in [0.1, 0.15) is 17.7 Å². The molecule has 1 atom stereocenters. The standard InChI is InChI=1S/C24H28FN5O4/c1-17(31)4-6-20-16-29(24(33)34-20)19-5-7-22(21(25)14-19)28-10-9-27-30(12-11-28)23(32)13-18-3-2-8-26-15-18/h2-3,5,7-8,14-15,20,27H,4,6,9-13,16H2,1H3/t20-/m0/s1. The second kappa shape index (κ2) is 10.6. The van der Waals surface area contributed by atoms with Crippen molar-refractivity contribution in [3.05, 3.63) is 54.1 Å². The van der Waals surface area contributed by atoms with Crippen LogP contribution in [0.2, 0.25) is 0 Å². The summed E-state index contributed by atoms with van der Waals surface area (Å²) >= 11 is 0. The minimum Gasteiger partial charge on any atom is -0.444 e. The molecule has 0 saturated carbocycles. The molecule has 0 radical (unpaired) electrons. The first kappa shape index (κ1) is 23.6. The van der Waals surface area contributed by atoms with E-state index in [4.69, 9.17) is 4.74 Å². The summed E-state index contributed by atoms with van der Waals surface area (Å²) in [7, 11) is 0. The van der Waals surface area contributed by atoms with E-state index in [2.05, 4.69) is 10.4 Å². The molecule has 1 N–H and O–H groups in total. The number of hydrogen-bond donors (Lipinski definition) is 1. The van der Waals surface area contributed by atoms with Gasteiger partial charge in [0.2, 0.25) is 5.91 Å². The number of ether oxygens (including phenoxy) is 1. The van der Waals surface area contributed by atoms with Crippen LogP contribution in [0.25, 0.3) is 0 Å². The molecular formula is C24H28FN5O4. The van der Waals surface area contributed by atoms with Gasteiger partial charge >= 0.3 is 6.09 Å². The molecule has 180 valence electrons. The van der Waals surface area contributed by atoms with Crippen LogP contribution in [0.15, 0.2) is 42.7 Å². The third-order valence-corrected chi connectivity index (χ3v) is 5.93. The molecular weight excluding hydrogens is 441 g/mol. The van der Waals surface area contributed by atoms with Crippen molar-refractivity contribution in [3.8, 4) is 0 Å². The predicted molar refractivity (Wildman–Crippen MR) is 124 cm³/mol. The molecule has 1 aromatic carbocycles. The number of aromatic nitrogens is 1.